The second kappa shape index (κ2) is 5.83. The molecule has 1 atom stereocenters. The van der Waals surface area contributed by atoms with Crippen LogP contribution in [0.15, 0.2) is 30.7 Å². The SMILES string of the molecule is Cn1ccnc1C1CNCCN1C(=O)c1ccc(Cl)cn1. The number of pyridine rings is 1. The second-order valence-electron chi connectivity index (χ2n) is 4.98. The van der Waals surface area contributed by atoms with Gasteiger partial charge in [0.1, 0.15) is 17.6 Å². The Bertz CT molecular complexity index is 639. The zero-order valence-corrected chi connectivity index (χ0v) is 12.4. The van der Waals surface area contributed by atoms with Crippen molar-refractivity contribution in [1.82, 2.24) is 24.8 Å². The number of aromatic nitrogens is 3. The summed E-state index contributed by atoms with van der Waals surface area (Å²) in [5.41, 5.74) is 0.403. The summed E-state index contributed by atoms with van der Waals surface area (Å²) >= 11 is 5.82. The minimum atomic E-state index is -0.0961. The molecule has 1 N–H and O–H groups in total. The molecule has 1 fully saturated rings. The van der Waals surface area contributed by atoms with E-state index in [1.54, 1.807) is 18.3 Å². The first-order chi connectivity index (χ1) is 10.2. The Morgan fingerprint density at radius 3 is 2.95 bits per heavy atom. The summed E-state index contributed by atoms with van der Waals surface area (Å²) in [7, 11) is 1.93. The van der Waals surface area contributed by atoms with Gasteiger partial charge in [0.15, 0.2) is 0 Å². The Morgan fingerprint density at radius 2 is 2.29 bits per heavy atom. The lowest BCUT2D eigenvalue weighted by Crippen LogP contribution is -2.49. The summed E-state index contributed by atoms with van der Waals surface area (Å²) < 4.78 is 1.94. The summed E-state index contributed by atoms with van der Waals surface area (Å²) in [4.78, 5) is 23.0. The fourth-order valence-electron chi connectivity index (χ4n) is 2.53. The number of amides is 1. The molecule has 0 aliphatic carbocycles. The monoisotopic (exact) mass is 305 g/mol. The molecule has 0 radical (unpaired) electrons. The number of carbonyl (C=O) groups is 1. The standard InChI is InChI=1S/C14H16ClN5O/c1-19-6-5-17-13(19)12-9-16-4-7-20(12)14(21)11-3-2-10(15)8-18-11/h2-3,5-6,8,12,16H,4,7,9H2,1H3. The molecule has 110 valence electrons. The van der Waals surface area contributed by atoms with Crippen molar-refractivity contribution in [2.45, 2.75) is 6.04 Å². The predicted octanol–water partition coefficient (Wildman–Crippen LogP) is 1.26. The van der Waals surface area contributed by atoms with Gasteiger partial charge in [0, 0.05) is 45.3 Å². The third-order valence-electron chi connectivity index (χ3n) is 3.61. The molecular formula is C14H16ClN5O. The van der Waals surface area contributed by atoms with Crippen molar-refractivity contribution < 1.29 is 4.79 Å². The summed E-state index contributed by atoms with van der Waals surface area (Å²) in [6.45, 7) is 2.07. The normalized spacial score (nSPS) is 18.8. The van der Waals surface area contributed by atoms with E-state index in [0.717, 1.165) is 12.4 Å². The van der Waals surface area contributed by atoms with Crippen molar-refractivity contribution >= 4 is 17.5 Å². The van der Waals surface area contributed by atoms with Crippen LogP contribution in [0.5, 0.6) is 0 Å². The first kappa shape index (κ1) is 14.0. The van der Waals surface area contributed by atoms with Crippen molar-refractivity contribution in [3.8, 4) is 0 Å². The molecule has 1 saturated heterocycles. The largest absolute Gasteiger partial charge is 0.336 e. The smallest absolute Gasteiger partial charge is 0.273 e. The van der Waals surface area contributed by atoms with Crippen molar-refractivity contribution in [3.63, 3.8) is 0 Å². The summed E-state index contributed by atoms with van der Waals surface area (Å²) in [6, 6.07) is 3.24. The maximum atomic E-state index is 12.7. The van der Waals surface area contributed by atoms with Crippen LogP contribution in [0.25, 0.3) is 0 Å². The molecule has 1 unspecified atom stereocenters. The molecule has 3 heterocycles. The van der Waals surface area contributed by atoms with Crippen LogP contribution in [0.1, 0.15) is 22.4 Å². The molecule has 1 amide bonds. The molecule has 0 spiro atoms. The fraction of sp³-hybridized carbons (Fsp3) is 0.357. The first-order valence-corrected chi connectivity index (χ1v) is 7.15. The number of halogens is 1. The summed E-state index contributed by atoms with van der Waals surface area (Å²) in [5, 5.41) is 3.83. The van der Waals surface area contributed by atoms with Gasteiger partial charge in [-0.3, -0.25) is 4.79 Å². The van der Waals surface area contributed by atoms with Crippen LogP contribution in [0, 0.1) is 0 Å². The number of rotatable bonds is 2. The maximum absolute atomic E-state index is 12.7. The van der Waals surface area contributed by atoms with Gasteiger partial charge in [-0.1, -0.05) is 11.6 Å². The topological polar surface area (TPSA) is 63.1 Å². The van der Waals surface area contributed by atoms with Gasteiger partial charge in [0.05, 0.1) is 5.02 Å². The minimum absolute atomic E-state index is 0.0938. The molecule has 21 heavy (non-hydrogen) atoms. The van der Waals surface area contributed by atoms with E-state index in [4.69, 9.17) is 11.6 Å². The van der Waals surface area contributed by atoms with E-state index in [9.17, 15) is 4.79 Å². The van der Waals surface area contributed by atoms with E-state index in [-0.39, 0.29) is 11.9 Å². The van der Waals surface area contributed by atoms with Gasteiger partial charge in [-0.15, -0.1) is 0 Å². The Morgan fingerprint density at radius 1 is 1.43 bits per heavy atom. The molecule has 3 rings (SSSR count). The number of nitrogens with one attached hydrogen (secondary N) is 1. The van der Waals surface area contributed by atoms with Crippen LogP contribution in [0.4, 0.5) is 0 Å². The zero-order valence-electron chi connectivity index (χ0n) is 11.7. The van der Waals surface area contributed by atoms with Crippen LogP contribution < -0.4 is 5.32 Å². The lowest BCUT2D eigenvalue weighted by molar-refractivity contribution is 0.0615. The average molecular weight is 306 g/mol. The minimum Gasteiger partial charge on any atom is -0.336 e. The van der Waals surface area contributed by atoms with Gasteiger partial charge in [-0.2, -0.15) is 0 Å². The maximum Gasteiger partial charge on any atom is 0.273 e. The number of carbonyl (C=O) groups excluding carboxylic acids is 1. The molecule has 2 aromatic rings. The van der Waals surface area contributed by atoms with Crippen molar-refractivity contribution in [3.05, 3.63) is 47.3 Å². The van der Waals surface area contributed by atoms with Gasteiger partial charge in [-0.05, 0) is 12.1 Å². The number of aryl methyl sites for hydroxylation is 1. The number of nitrogens with zero attached hydrogens (tertiary/aromatic N) is 4. The number of imidazole rings is 1. The van der Waals surface area contributed by atoms with Gasteiger partial charge < -0.3 is 14.8 Å². The Kier molecular flexibility index (Phi) is 3.90. The van der Waals surface area contributed by atoms with Crippen LogP contribution in [0.2, 0.25) is 5.02 Å². The average Bonchev–Trinajstić information content (AvgIpc) is 2.93. The van der Waals surface area contributed by atoms with Crippen molar-refractivity contribution in [1.29, 1.82) is 0 Å². The Labute approximate surface area is 127 Å². The summed E-state index contributed by atoms with van der Waals surface area (Å²) in [5.74, 6) is 0.769. The highest BCUT2D eigenvalue weighted by molar-refractivity contribution is 6.30. The van der Waals surface area contributed by atoms with Crippen LogP contribution >= 0.6 is 11.6 Å². The van der Waals surface area contributed by atoms with E-state index in [2.05, 4.69) is 15.3 Å². The molecule has 6 nitrogen and oxygen atoms in total. The molecule has 0 bridgehead atoms. The number of hydrogen-bond acceptors (Lipinski definition) is 4. The first-order valence-electron chi connectivity index (χ1n) is 6.77. The van der Waals surface area contributed by atoms with E-state index in [1.165, 1.54) is 6.20 Å². The van der Waals surface area contributed by atoms with Gasteiger partial charge in [0.2, 0.25) is 0 Å². The van der Waals surface area contributed by atoms with E-state index in [1.807, 2.05) is 22.7 Å². The third kappa shape index (κ3) is 2.77. The molecular weight excluding hydrogens is 290 g/mol. The Hall–Kier alpha value is -1.92. The third-order valence-corrected chi connectivity index (χ3v) is 3.83. The lowest BCUT2D eigenvalue weighted by atomic mass is 10.1. The van der Waals surface area contributed by atoms with Gasteiger partial charge in [0.25, 0.3) is 5.91 Å². The Balaban J connectivity index is 1.89. The molecule has 1 aliphatic rings. The van der Waals surface area contributed by atoms with Crippen LogP contribution in [0.3, 0.4) is 0 Å². The van der Waals surface area contributed by atoms with E-state index in [0.29, 0.717) is 23.8 Å². The van der Waals surface area contributed by atoms with E-state index < -0.39 is 0 Å². The fourth-order valence-corrected chi connectivity index (χ4v) is 2.64. The predicted molar refractivity (Wildman–Crippen MR) is 79.1 cm³/mol. The quantitative estimate of drug-likeness (QED) is 0.907. The van der Waals surface area contributed by atoms with E-state index >= 15 is 0 Å². The lowest BCUT2D eigenvalue weighted by Gasteiger charge is -2.35. The molecule has 1 aliphatic heterocycles. The number of hydrogen-bond donors (Lipinski definition) is 1. The highest BCUT2D eigenvalue weighted by Gasteiger charge is 2.31. The summed E-state index contributed by atoms with van der Waals surface area (Å²) in [6.07, 6.45) is 5.12. The molecule has 0 aromatic carbocycles. The van der Waals surface area contributed by atoms with Gasteiger partial charge >= 0.3 is 0 Å². The highest BCUT2D eigenvalue weighted by Crippen LogP contribution is 2.22. The zero-order chi connectivity index (χ0) is 14.8. The van der Waals surface area contributed by atoms with Gasteiger partial charge in [-0.25, -0.2) is 9.97 Å². The molecule has 0 saturated carbocycles. The van der Waals surface area contributed by atoms with Crippen molar-refractivity contribution in [2.75, 3.05) is 19.6 Å². The molecule has 2 aromatic heterocycles. The second-order valence-corrected chi connectivity index (χ2v) is 5.41. The number of piperazine rings is 1. The highest BCUT2D eigenvalue weighted by atomic mass is 35.5. The molecule has 7 heteroatoms. The van der Waals surface area contributed by atoms with Crippen LogP contribution in [-0.2, 0) is 7.05 Å². The van der Waals surface area contributed by atoms with Crippen molar-refractivity contribution in [2.24, 2.45) is 7.05 Å². The van der Waals surface area contributed by atoms with Crippen LogP contribution in [-0.4, -0.2) is 45.0 Å².